The fourth-order valence-electron chi connectivity index (χ4n) is 1.11. The maximum absolute atomic E-state index is 12.0. The summed E-state index contributed by atoms with van der Waals surface area (Å²) in [6.07, 6.45) is 0. The third-order valence-corrected chi connectivity index (χ3v) is 3.02. The summed E-state index contributed by atoms with van der Waals surface area (Å²) in [5.74, 6) is -0.917. The van der Waals surface area contributed by atoms with E-state index in [1.165, 1.54) is 25.1 Å². The molecule has 88 valence electrons. The van der Waals surface area contributed by atoms with Gasteiger partial charge in [0.1, 0.15) is 5.78 Å². The van der Waals surface area contributed by atoms with Gasteiger partial charge >= 0.3 is 6.61 Å². The van der Waals surface area contributed by atoms with Crippen molar-refractivity contribution < 1.29 is 23.4 Å². The Balaban J connectivity index is 3.02. The summed E-state index contributed by atoms with van der Waals surface area (Å²) < 4.78 is 28.1. The fourth-order valence-corrected chi connectivity index (χ4v) is 1.40. The van der Waals surface area contributed by atoms with Gasteiger partial charge in [-0.2, -0.15) is 8.78 Å². The molecule has 0 aliphatic rings. The number of ether oxygens (including phenoxy) is 1. The third kappa shape index (κ3) is 3.16. The highest BCUT2D eigenvalue weighted by Crippen LogP contribution is 2.33. The smallest absolute Gasteiger partial charge is 0.387 e. The molecule has 0 saturated carbocycles. The highest BCUT2D eigenvalue weighted by molar-refractivity contribution is 9.09. The first-order valence-electron chi connectivity index (χ1n) is 4.34. The van der Waals surface area contributed by atoms with Crippen molar-refractivity contribution in [2.24, 2.45) is 0 Å². The van der Waals surface area contributed by atoms with E-state index in [1.807, 2.05) is 0 Å². The van der Waals surface area contributed by atoms with E-state index in [9.17, 15) is 18.7 Å². The first-order valence-corrected chi connectivity index (χ1v) is 5.25. The van der Waals surface area contributed by atoms with Crippen molar-refractivity contribution in [2.75, 3.05) is 0 Å². The second-order valence-corrected chi connectivity index (χ2v) is 3.99. The van der Waals surface area contributed by atoms with Gasteiger partial charge in [0.2, 0.25) is 0 Å². The number of rotatable bonds is 4. The molecule has 1 aromatic carbocycles. The van der Waals surface area contributed by atoms with Crippen molar-refractivity contribution in [1.82, 2.24) is 0 Å². The van der Waals surface area contributed by atoms with Crippen LogP contribution in [0, 0.1) is 0 Å². The average molecular weight is 295 g/mol. The number of ketones is 1. The molecule has 0 amide bonds. The van der Waals surface area contributed by atoms with Gasteiger partial charge in [0.05, 0.1) is 4.83 Å². The number of benzene rings is 1. The zero-order chi connectivity index (χ0) is 12.3. The summed E-state index contributed by atoms with van der Waals surface area (Å²) >= 11 is 3.10. The van der Waals surface area contributed by atoms with Gasteiger partial charge in [0.25, 0.3) is 0 Å². The molecule has 0 radical (unpaired) electrons. The lowest BCUT2D eigenvalue weighted by atomic mass is 10.1. The average Bonchev–Trinajstić information content (AvgIpc) is 2.19. The van der Waals surface area contributed by atoms with E-state index < -0.39 is 17.2 Å². The number of carbonyl (C=O) groups is 1. The molecule has 0 saturated heterocycles. The van der Waals surface area contributed by atoms with Crippen LogP contribution in [0.2, 0.25) is 0 Å². The molecule has 6 heteroatoms. The summed E-state index contributed by atoms with van der Waals surface area (Å²) in [5, 5.41) is 9.25. The summed E-state index contributed by atoms with van der Waals surface area (Å²) in [6, 6.07) is 3.85. The van der Waals surface area contributed by atoms with Gasteiger partial charge in [-0.1, -0.05) is 22.0 Å². The van der Waals surface area contributed by atoms with Crippen LogP contribution in [0.1, 0.15) is 17.3 Å². The van der Waals surface area contributed by atoms with E-state index in [1.54, 1.807) is 0 Å². The molecule has 1 rings (SSSR count). The molecule has 0 fully saturated rings. The summed E-state index contributed by atoms with van der Waals surface area (Å²) in [4.78, 5) is 10.5. The van der Waals surface area contributed by atoms with Crippen molar-refractivity contribution in [3.63, 3.8) is 0 Å². The topological polar surface area (TPSA) is 46.5 Å². The van der Waals surface area contributed by atoms with E-state index in [0.29, 0.717) is 5.56 Å². The minimum absolute atomic E-state index is 0.173. The van der Waals surface area contributed by atoms with E-state index in [4.69, 9.17) is 0 Å². The lowest BCUT2D eigenvalue weighted by Crippen LogP contribution is -2.05. The van der Waals surface area contributed by atoms with Gasteiger partial charge in [-0.05, 0) is 24.6 Å². The number of hydrogen-bond acceptors (Lipinski definition) is 3. The van der Waals surface area contributed by atoms with E-state index in [-0.39, 0.29) is 11.5 Å². The molecule has 0 aliphatic carbocycles. The monoisotopic (exact) mass is 294 g/mol. The van der Waals surface area contributed by atoms with Crippen LogP contribution in [0.4, 0.5) is 8.78 Å². The number of aromatic hydroxyl groups is 1. The quantitative estimate of drug-likeness (QED) is 0.869. The van der Waals surface area contributed by atoms with Gasteiger partial charge in [-0.25, -0.2) is 0 Å². The van der Waals surface area contributed by atoms with Gasteiger partial charge < -0.3 is 9.84 Å². The van der Waals surface area contributed by atoms with Crippen molar-refractivity contribution in [3.8, 4) is 11.5 Å². The highest BCUT2D eigenvalue weighted by atomic mass is 79.9. The lowest BCUT2D eigenvalue weighted by Gasteiger charge is -2.11. The number of carbonyl (C=O) groups excluding carboxylic acids is 1. The maximum atomic E-state index is 12.0. The molecule has 16 heavy (non-hydrogen) atoms. The Morgan fingerprint density at radius 2 is 2.12 bits per heavy atom. The second kappa shape index (κ2) is 5.25. The molecule has 0 bridgehead atoms. The molecule has 0 heterocycles. The van der Waals surface area contributed by atoms with E-state index in [2.05, 4.69) is 20.7 Å². The predicted octanol–water partition coefficient (Wildman–Crippen LogP) is 3.02. The van der Waals surface area contributed by atoms with Gasteiger partial charge in [0.15, 0.2) is 11.5 Å². The Labute approximate surface area is 99.2 Å². The molecule has 1 atom stereocenters. The minimum Gasteiger partial charge on any atom is -0.504 e. The van der Waals surface area contributed by atoms with E-state index >= 15 is 0 Å². The molecule has 0 spiro atoms. The summed E-state index contributed by atoms with van der Waals surface area (Å²) in [5.41, 5.74) is 0.445. The number of phenols is 1. The standard InChI is InChI=1S/C10H9BrF2O3/c1-5(14)9(11)6-2-3-7(15)8(4-6)16-10(12)13/h2-4,9-10,15H,1H3. The molecule has 0 aromatic heterocycles. The first-order chi connectivity index (χ1) is 7.41. The Bertz CT molecular complexity index is 396. The largest absolute Gasteiger partial charge is 0.504 e. The number of Topliss-reactive ketones (excluding diaryl/α,β-unsaturated/α-hetero) is 1. The van der Waals surface area contributed by atoms with Crippen LogP contribution in [0.25, 0.3) is 0 Å². The zero-order valence-corrected chi connectivity index (χ0v) is 9.87. The van der Waals surface area contributed by atoms with Crippen LogP contribution in [-0.2, 0) is 4.79 Å². The van der Waals surface area contributed by atoms with E-state index in [0.717, 1.165) is 0 Å². The van der Waals surface area contributed by atoms with Gasteiger partial charge in [-0.3, -0.25) is 4.79 Å². The number of halogens is 3. The van der Waals surface area contributed by atoms with Crippen LogP contribution in [-0.4, -0.2) is 17.5 Å². The highest BCUT2D eigenvalue weighted by Gasteiger charge is 2.16. The molecule has 0 aliphatic heterocycles. The summed E-state index contributed by atoms with van der Waals surface area (Å²) in [6.45, 7) is -1.66. The predicted molar refractivity (Wildman–Crippen MR) is 57.1 cm³/mol. The first kappa shape index (κ1) is 12.9. The third-order valence-electron chi connectivity index (χ3n) is 1.85. The van der Waals surface area contributed by atoms with Crippen LogP contribution in [0.15, 0.2) is 18.2 Å². The maximum Gasteiger partial charge on any atom is 0.387 e. The summed E-state index contributed by atoms with van der Waals surface area (Å²) in [7, 11) is 0. The second-order valence-electron chi connectivity index (χ2n) is 3.08. The molecule has 1 aromatic rings. The Hall–Kier alpha value is -1.17. The van der Waals surface area contributed by atoms with Crippen LogP contribution < -0.4 is 4.74 Å². The van der Waals surface area contributed by atoms with Crippen LogP contribution in [0.5, 0.6) is 11.5 Å². The number of alkyl halides is 3. The molecular formula is C10H9BrF2O3. The Morgan fingerprint density at radius 3 is 2.62 bits per heavy atom. The van der Waals surface area contributed by atoms with Crippen molar-refractivity contribution in [3.05, 3.63) is 23.8 Å². The van der Waals surface area contributed by atoms with Gasteiger partial charge in [-0.15, -0.1) is 0 Å². The normalized spacial score (nSPS) is 12.6. The van der Waals surface area contributed by atoms with Crippen LogP contribution >= 0.6 is 15.9 Å². The lowest BCUT2D eigenvalue weighted by molar-refractivity contribution is -0.116. The minimum atomic E-state index is -3.02. The molecular weight excluding hydrogens is 286 g/mol. The zero-order valence-electron chi connectivity index (χ0n) is 8.28. The molecule has 3 nitrogen and oxygen atoms in total. The van der Waals surface area contributed by atoms with Crippen molar-refractivity contribution in [1.29, 1.82) is 0 Å². The SMILES string of the molecule is CC(=O)C(Br)c1ccc(O)c(OC(F)F)c1. The molecule has 1 N–H and O–H groups in total. The van der Waals surface area contributed by atoms with Crippen LogP contribution in [0.3, 0.4) is 0 Å². The Morgan fingerprint density at radius 1 is 1.50 bits per heavy atom. The molecule has 1 unspecified atom stereocenters. The number of phenolic OH excluding ortho intramolecular Hbond substituents is 1. The van der Waals surface area contributed by atoms with Crippen molar-refractivity contribution >= 4 is 21.7 Å². The Kier molecular flexibility index (Phi) is 4.23. The number of hydrogen-bond donors (Lipinski definition) is 1. The van der Waals surface area contributed by atoms with Crippen molar-refractivity contribution in [2.45, 2.75) is 18.4 Å². The fraction of sp³-hybridized carbons (Fsp3) is 0.300. The van der Waals surface area contributed by atoms with Gasteiger partial charge in [0, 0.05) is 0 Å².